The van der Waals surface area contributed by atoms with Crippen molar-refractivity contribution in [3.63, 3.8) is 0 Å². The number of carboxylic acids is 1. The van der Waals surface area contributed by atoms with Gasteiger partial charge in [0.15, 0.2) is 5.82 Å². The highest BCUT2D eigenvalue weighted by atomic mass is 32.1. The van der Waals surface area contributed by atoms with Crippen molar-refractivity contribution in [1.82, 2.24) is 14.3 Å². The van der Waals surface area contributed by atoms with Gasteiger partial charge in [-0.25, -0.2) is 4.68 Å². The SMILES string of the molecule is Cc1ccc(-n2c(-c3ccccc3)nn(CCC(=O)O)c2=S)cc1. The molecule has 1 N–H and O–H groups in total. The van der Waals surface area contributed by atoms with E-state index in [0.717, 1.165) is 16.8 Å². The Morgan fingerprint density at radius 3 is 2.42 bits per heavy atom. The van der Waals surface area contributed by atoms with Crippen LogP contribution >= 0.6 is 12.2 Å². The second-order valence-electron chi connectivity index (χ2n) is 5.51. The largest absolute Gasteiger partial charge is 0.481 e. The number of aliphatic carboxylic acids is 1. The first kappa shape index (κ1) is 16.1. The zero-order valence-corrected chi connectivity index (χ0v) is 14.0. The summed E-state index contributed by atoms with van der Waals surface area (Å²) in [6.45, 7) is 2.27. The molecule has 0 unspecified atom stereocenters. The summed E-state index contributed by atoms with van der Waals surface area (Å²) in [5.41, 5.74) is 2.99. The summed E-state index contributed by atoms with van der Waals surface area (Å²) in [7, 11) is 0. The standard InChI is InChI=1S/C18H17N3O2S/c1-13-7-9-15(10-8-13)21-17(14-5-3-2-4-6-14)19-20(18(21)24)12-11-16(22)23/h2-10H,11-12H2,1H3,(H,22,23). The van der Waals surface area contributed by atoms with Crippen molar-refractivity contribution in [1.29, 1.82) is 0 Å². The van der Waals surface area contributed by atoms with E-state index in [4.69, 9.17) is 17.3 Å². The lowest BCUT2D eigenvalue weighted by molar-refractivity contribution is -0.137. The zero-order valence-electron chi connectivity index (χ0n) is 13.2. The Balaban J connectivity index is 2.15. The topological polar surface area (TPSA) is 60.0 Å². The van der Waals surface area contributed by atoms with Crippen LogP contribution in [0.2, 0.25) is 0 Å². The summed E-state index contributed by atoms with van der Waals surface area (Å²) in [4.78, 5) is 10.9. The molecule has 1 aromatic heterocycles. The van der Waals surface area contributed by atoms with Gasteiger partial charge in [0.2, 0.25) is 4.77 Å². The van der Waals surface area contributed by atoms with Gasteiger partial charge in [-0.3, -0.25) is 9.36 Å². The average Bonchev–Trinajstić information content (AvgIpc) is 2.91. The molecule has 24 heavy (non-hydrogen) atoms. The van der Waals surface area contributed by atoms with Gasteiger partial charge in [-0.05, 0) is 31.3 Å². The van der Waals surface area contributed by atoms with E-state index in [9.17, 15) is 4.79 Å². The first-order valence-corrected chi connectivity index (χ1v) is 8.01. The Labute approximate surface area is 144 Å². The molecule has 6 heteroatoms. The van der Waals surface area contributed by atoms with Crippen LogP contribution in [0.1, 0.15) is 12.0 Å². The third-order valence-electron chi connectivity index (χ3n) is 3.70. The molecular formula is C18H17N3O2S. The molecule has 5 nitrogen and oxygen atoms in total. The third kappa shape index (κ3) is 3.28. The van der Waals surface area contributed by atoms with Gasteiger partial charge in [0.1, 0.15) is 0 Å². The smallest absolute Gasteiger partial charge is 0.305 e. The van der Waals surface area contributed by atoms with Gasteiger partial charge in [0.05, 0.1) is 13.0 Å². The van der Waals surface area contributed by atoms with Crippen LogP contribution < -0.4 is 0 Å². The number of nitrogens with zero attached hydrogens (tertiary/aromatic N) is 3. The van der Waals surface area contributed by atoms with Gasteiger partial charge in [-0.15, -0.1) is 0 Å². The van der Waals surface area contributed by atoms with Gasteiger partial charge in [0, 0.05) is 11.3 Å². The maximum absolute atomic E-state index is 10.9. The molecule has 2 aromatic carbocycles. The monoisotopic (exact) mass is 339 g/mol. The van der Waals surface area contributed by atoms with Crippen LogP contribution in [0.15, 0.2) is 54.6 Å². The van der Waals surface area contributed by atoms with Crippen LogP contribution in [0, 0.1) is 11.7 Å². The molecule has 0 saturated heterocycles. The predicted molar refractivity (Wildman–Crippen MR) is 94.8 cm³/mol. The number of rotatable bonds is 5. The zero-order chi connectivity index (χ0) is 17.1. The van der Waals surface area contributed by atoms with Gasteiger partial charge in [-0.1, -0.05) is 48.0 Å². The van der Waals surface area contributed by atoms with Crippen molar-refractivity contribution in [2.24, 2.45) is 0 Å². The number of hydrogen-bond donors (Lipinski definition) is 1. The summed E-state index contributed by atoms with van der Waals surface area (Å²) >= 11 is 5.55. The van der Waals surface area contributed by atoms with E-state index in [-0.39, 0.29) is 13.0 Å². The van der Waals surface area contributed by atoms with E-state index in [2.05, 4.69) is 5.10 Å². The molecule has 1 heterocycles. The Morgan fingerprint density at radius 2 is 1.79 bits per heavy atom. The fraction of sp³-hybridized carbons (Fsp3) is 0.167. The summed E-state index contributed by atoms with van der Waals surface area (Å²) in [6.07, 6.45) is -0.0204. The third-order valence-corrected chi connectivity index (χ3v) is 4.09. The molecule has 122 valence electrons. The van der Waals surface area contributed by atoms with Crippen molar-refractivity contribution >= 4 is 18.2 Å². The van der Waals surface area contributed by atoms with E-state index >= 15 is 0 Å². The molecule has 0 amide bonds. The maximum atomic E-state index is 10.9. The number of carbonyl (C=O) groups is 1. The van der Waals surface area contributed by atoms with Crippen molar-refractivity contribution in [2.75, 3.05) is 0 Å². The molecule has 3 aromatic rings. The van der Waals surface area contributed by atoms with Crippen LogP contribution in [0.25, 0.3) is 17.1 Å². The summed E-state index contributed by atoms with van der Waals surface area (Å²) in [5.74, 6) is -0.169. The number of aromatic nitrogens is 3. The highest BCUT2D eigenvalue weighted by Gasteiger charge is 2.14. The minimum Gasteiger partial charge on any atom is -0.481 e. The van der Waals surface area contributed by atoms with Crippen molar-refractivity contribution in [3.05, 3.63) is 64.9 Å². The Kier molecular flexibility index (Phi) is 4.57. The maximum Gasteiger partial charge on any atom is 0.305 e. The molecule has 0 spiro atoms. The van der Waals surface area contributed by atoms with Gasteiger partial charge >= 0.3 is 5.97 Å². The number of benzene rings is 2. The normalized spacial score (nSPS) is 10.7. The Hall–Kier alpha value is -2.73. The molecule has 0 radical (unpaired) electrons. The van der Waals surface area contributed by atoms with E-state index in [1.165, 1.54) is 0 Å². The summed E-state index contributed by atoms with van der Waals surface area (Å²) < 4.78 is 3.94. The fourth-order valence-electron chi connectivity index (χ4n) is 2.46. The molecular weight excluding hydrogens is 322 g/mol. The molecule has 0 aliphatic rings. The number of aryl methyl sites for hydroxylation is 2. The van der Waals surface area contributed by atoms with Gasteiger partial charge in [0.25, 0.3) is 0 Å². The van der Waals surface area contributed by atoms with Crippen LogP contribution in [0.4, 0.5) is 0 Å². The Bertz CT molecular complexity index is 912. The lowest BCUT2D eigenvalue weighted by atomic mass is 10.2. The highest BCUT2D eigenvalue weighted by Crippen LogP contribution is 2.23. The fourth-order valence-corrected chi connectivity index (χ4v) is 2.78. The predicted octanol–water partition coefficient (Wildman–Crippen LogP) is 3.85. The van der Waals surface area contributed by atoms with Crippen molar-refractivity contribution in [3.8, 4) is 17.1 Å². The van der Waals surface area contributed by atoms with E-state index < -0.39 is 5.97 Å². The minimum atomic E-state index is -0.872. The first-order chi connectivity index (χ1) is 11.6. The van der Waals surface area contributed by atoms with Gasteiger partial charge in [-0.2, -0.15) is 5.10 Å². The lowest BCUT2D eigenvalue weighted by Crippen LogP contribution is -2.06. The van der Waals surface area contributed by atoms with Crippen molar-refractivity contribution < 1.29 is 9.90 Å². The second-order valence-corrected chi connectivity index (χ2v) is 5.88. The van der Waals surface area contributed by atoms with E-state index in [0.29, 0.717) is 10.6 Å². The summed E-state index contributed by atoms with van der Waals surface area (Å²) in [5, 5.41) is 13.5. The molecule has 3 rings (SSSR count). The molecule has 0 aliphatic carbocycles. The molecule has 0 fully saturated rings. The van der Waals surface area contributed by atoms with E-state index in [1.807, 2.05) is 66.1 Å². The Morgan fingerprint density at radius 1 is 1.12 bits per heavy atom. The van der Waals surface area contributed by atoms with Crippen molar-refractivity contribution in [2.45, 2.75) is 19.9 Å². The average molecular weight is 339 g/mol. The van der Waals surface area contributed by atoms with E-state index in [1.54, 1.807) is 4.68 Å². The first-order valence-electron chi connectivity index (χ1n) is 7.60. The summed E-state index contributed by atoms with van der Waals surface area (Å²) in [6, 6.07) is 17.7. The molecule has 0 saturated carbocycles. The molecule has 0 bridgehead atoms. The molecule has 0 aliphatic heterocycles. The van der Waals surface area contributed by atoms with Crippen LogP contribution in [-0.2, 0) is 11.3 Å². The number of hydrogen-bond acceptors (Lipinski definition) is 3. The highest BCUT2D eigenvalue weighted by molar-refractivity contribution is 7.71. The number of carboxylic acid groups (broad SMARTS) is 1. The van der Waals surface area contributed by atoms with Crippen LogP contribution in [0.3, 0.4) is 0 Å². The second kappa shape index (κ2) is 6.80. The lowest BCUT2D eigenvalue weighted by Gasteiger charge is -2.07. The quantitative estimate of drug-likeness (QED) is 0.717. The minimum absolute atomic E-state index is 0.0204. The van der Waals surface area contributed by atoms with Crippen LogP contribution in [0.5, 0.6) is 0 Å². The molecule has 0 atom stereocenters. The van der Waals surface area contributed by atoms with Gasteiger partial charge < -0.3 is 5.11 Å². The van der Waals surface area contributed by atoms with Crippen LogP contribution in [-0.4, -0.2) is 25.4 Å².